The van der Waals surface area contributed by atoms with Crippen LogP contribution in [-0.4, -0.2) is 9.97 Å². The van der Waals surface area contributed by atoms with Gasteiger partial charge in [-0.15, -0.1) is 0 Å². The van der Waals surface area contributed by atoms with Crippen LogP contribution in [0.5, 0.6) is 0 Å². The van der Waals surface area contributed by atoms with E-state index in [0.29, 0.717) is 22.9 Å². The summed E-state index contributed by atoms with van der Waals surface area (Å²) in [5.74, 6) is 0.0386. The topological polar surface area (TPSA) is 38.9 Å². The SMILES string of the molecule is Cc1ccc2c(oc3nc(C(C)C)ccc32)c1-c1ncccc1-c1ccccc1F. The van der Waals surface area contributed by atoms with Crippen molar-refractivity contribution in [3.05, 3.63) is 83.9 Å². The number of hydrogen-bond donors (Lipinski definition) is 0. The van der Waals surface area contributed by atoms with Gasteiger partial charge in [-0.1, -0.05) is 50.2 Å². The van der Waals surface area contributed by atoms with E-state index in [1.807, 2.05) is 31.2 Å². The molecule has 3 heterocycles. The van der Waals surface area contributed by atoms with Crippen LogP contribution in [-0.2, 0) is 0 Å². The number of fused-ring (bicyclic) bond motifs is 3. The summed E-state index contributed by atoms with van der Waals surface area (Å²) < 4.78 is 20.9. The molecule has 0 amide bonds. The molecule has 0 aliphatic carbocycles. The van der Waals surface area contributed by atoms with Crippen molar-refractivity contribution < 1.29 is 8.81 Å². The van der Waals surface area contributed by atoms with E-state index >= 15 is 0 Å². The van der Waals surface area contributed by atoms with Gasteiger partial charge in [0.25, 0.3) is 0 Å². The number of nitrogens with zero attached hydrogens (tertiary/aromatic N) is 2. The zero-order chi connectivity index (χ0) is 20.8. The summed E-state index contributed by atoms with van der Waals surface area (Å²) in [6, 6.07) is 18.7. The van der Waals surface area contributed by atoms with Gasteiger partial charge in [-0.3, -0.25) is 4.98 Å². The standard InChI is InChI=1S/C26H21FN2O/c1-15(2)22-13-12-20-19-11-10-16(3)23(25(19)30-26(20)29-22)24-18(8-6-14-28-24)17-7-4-5-9-21(17)27/h4-15H,1-3H3. The number of furan rings is 1. The van der Waals surface area contributed by atoms with E-state index in [9.17, 15) is 4.39 Å². The van der Waals surface area contributed by atoms with Gasteiger partial charge in [-0.2, -0.15) is 0 Å². The Morgan fingerprint density at radius 2 is 1.63 bits per heavy atom. The maximum absolute atomic E-state index is 14.6. The second-order valence-electron chi connectivity index (χ2n) is 7.86. The summed E-state index contributed by atoms with van der Waals surface area (Å²) in [6.45, 7) is 6.25. The number of halogens is 1. The molecular formula is C26H21FN2O. The second-order valence-corrected chi connectivity index (χ2v) is 7.86. The zero-order valence-electron chi connectivity index (χ0n) is 17.1. The highest BCUT2D eigenvalue weighted by Crippen LogP contribution is 2.40. The van der Waals surface area contributed by atoms with Crippen LogP contribution in [0.1, 0.15) is 31.0 Å². The molecule has 0 N–H and O–H groups in total. The maximum atomic E-state index is 14.6. The van der Waals surface area contributed by atoms with Crippen molar-refractivity contribution >= 4 is 22.1 Å². The maximum Gasteiger partial charge on any atom is 0.227 e. The van der Waals surface area contributed by atoms with E-state index in [0.717, 1.165) is 38.7 Å². The minimum atomic E-state index is -0.274. The van der Waals surface area contributed by atoms with Crippen LogP contribution in [0.4, 0.5) is 4.39 Å². The van der Waals surface area contributed by atoms with Gasteiger partial charge >= 0.3 is 0 Å². The Morgan fingerprint density at radius 3 is 2.43 bits per heavy atom. The highest BCUT2D eigenvalue weighted by molar-refractivity contribution is 6.10. The van der Waals surface area contributed by atoms with Crippen LogP contribution in [0.15, 0.2) is 71.3 Å². The number of hydrogen-bond acceptors (Lipinski definition) is 3. The Morgan fingerprint density at radius 1 is 0.867 bits per heavy atom. The molecule has 0 saturated heterocycles. The lowest BCUT2D eigenvalue weighted by molar-refractivity contribution is 0.631. The minimum absolute atomic E-state index is 0.274. The monoisotopic (exact) mass is 396 g/mol. The number of benzene rings is 2. The predicted molar refractivity (Wildman–Crippen MR) is 119 cm³/mol. The van der Waals surface area contributed by atoms with Crippen molar-refractivity contribution in [3.63, 3.8) is 0 Å². The molecule has 3 nitrogen and oxygen atoms in total. The molecular weight excluding hydrogens is 375 g/mol. The highest BCUT2D eigenvalue weighted by atomic mass is 19.1. The molecule has 4 heteroatoms. The third-order valence-corrected chi connectivity index (χ3v) is 5.54. The zero-order valence-corrected chi connectivity index (χ0v) is 17.1. The summed E-state index contributed by atoms with van der Waals surface area (Å²) in [7, 11) is 0. The third kappa shape index (κ3) is 2.88. The fourth-order valence-corrected chi connectivity index (χ4v) is 3.95. The molecule has 30 heavy (non-hydrogen) atoms. The van der Waals surface area contributed by atoms with Crippen molar-refractivity contribution in [1.29, 1.82) is 0 Å². The molecule has 5 rings (SSSR count). The van der Waals surface area contributed by atoms with E-state index in [2.05, 4.69) is 37.0 Å². The van der Waals surface area contributed by atoms with Gasteiger partial charge in [-0.05, 0) is 42.7 Å². The van der Waals surface area contributed by atoms with Crippen molar-refractivity contribution in [2.24, 2.45) is 0 Å². The van der Waals surface area contributed by atoms with Crippen LogP contribution in [0.25, 0.3) is 44.5 Å². The van der Waals surface area contributed by atoms with Crippen LogP contribution in [0.3, 0.4) is 0 Å². The normalized spacial score (nSPS) is 11.6. The highest BCUT2D eigenvalue weighted by Gasteiger charge is 2.20. The summed E-state index contributed by atoms with van der Waals surface area (Å²) in [5.41, 5.74) is 6.19. The minimum Gasteiger partial charge on any atom is -0.437 e. The van der Waals surface area contributed by atoms with Crippen molar-refractivity contribution in [1.82, 2.24) is 9.97 Å². The first-order valence-corrected chi connectivity index (χ1v) is 10.1. The van der Waals surface area contributed by atoms with Gasteiger partial charge < -0.3 is 4.42 Å². The van der Waals surface area contributed by atoms with Crippen molar-refractivity contribution in [2.75, 3.05) is 0 Å². The first kappa shape index (κ1) is 18.5. The van der Waals surface area contributed by atoms with Crippen LogP contribution in [0, 0.1) is 12.7 Å². The molecule has 0 aliphatic heterocycles. The van der Waals surface area contributed by atoms with E-state index < -0.39 is 0 Å². The number of aryl methyl sites for hydroxylation is 1. The van der Waals surface area contributed by atoms with Crippen molar-refractivity contribution in [3.8, 4) is 22.4 Å². The lowest BCUT2D eigenvalue weighted by atomic mass is 9.94. The van der Waals surface area contributed by atoms with Crippen molar-refractivity contribution in [2.45, 2.75) is 26.7 Å². The van der Waals surface area contributed by atoms with Gasteiger partial charge in [-0.25, -0.2) is 9.37 Å². The molecule has 0 atom stereocenters. The molecule has 0 radical (unpaired) electrons. The first-order valence-electron chi connectivity index (χ1n) is 10.1. The molecule has 3 aromatic heterocycles. The van der Waals surface area contributed by atoms with Crippen LogP contribution in [0.2, 0.25) is 0 Å². The Bertz CT molecular complexity index is 1400. The molecule has 5 aromatic rings. The average Bonchev–Trinajstić information content (AvgIpc) is 3.12. The van der Waals surface area contributed by atoms with Gasteiger partial charge in [0, 0.05) is 39.4 Å². The molecule has 0 fully saturated rings. The summed E-state index contributed by atoms with van der Waals surface area (Å²) >= 11 is 0. The number of aromatic nitrogens is 2. The summed E-state index contributed by atoms with van der Waals surface area (Å²) in [6.07, 6.45) is 1.73. The summed E-state index contributed by atoms with van der Waals surface area (Å²) in [5, 5.41) is 1.96. The lowest BCUT2D eigenvalue weighted by Gasteiger charge is -2.12. The van der Waals surface area contributed by atoms with Gasteiger partial charge in [0.1, 0.15) is 11.4 Å². The molecule has 2 aromatic carbocycles. The number of rotatable bonds is 3. The van der Waals surface area contributed by atoms with Gasteiger partial charge in [0.05, 0.1) is 5.69 Å². The molecule has 0 bridgehead atoms. The quantitative estimate of drug-likeness (QED) is 0.322. The predicted octanol–water partition coefficient (Wildman–Crippen LogP) is 7.28. The van der Waals surface area contributed by atoms with Crippen LogP contribution < -0.4 is 0 Å². The Kier molecular flexibility index (Phi) is 4.35. The number of pyridine rings is 2. The van der Waals surface area contributed by atoms with Gasteiger partial charge in [0.15, 0.2) is 0 Å². The smallest absolute Gasteiger partial charge is 0.227 e. The third-order valence-electron chi connectivity index (χ3n) is 5.54. The fourth-order valence-electron chi connectivity index (χ4n) is 3.95. The van der Waals surface area contributed by atoms with E-state index in [1.165, 1.54) is 6.07 Å². The second kappa shape index (κ2) is 7.06. The van der Waals surface area contributed by atoms with Gasteiger partial charge in [0.2, 0.25) is 5.71 Å². The lowest BCUT2D eigenvalue weighted by Crippen LogP contribution is -1.93. The fraction of sp³-hybridized carbons (Fsp3) is 0.154. The van der Waals surface area contributed by atoms with Crippen LogP contribution >= 0.6 is 0 Å². The van der Waals surface area contributed by atoms with E-state index in [1.54, 1.807) is 18.3 Å². The Hall–Kier alpha value is -3.53. The van der Waals surface area contributed by atoms with E-state index in [-0.39, 0.29) is 5.82 Å². The molecule has 148 valence electrons. The van der Waals surface area contributed by atoms with E-state index in [4.69, 9.17) is 9.40 Å². The Balaban J connectivity index is 1.83. The largest absolute Gasteiger partial charge is 0.437 e. The Labute approximate surface area is 174 Å². The molecule has 0 unspecified atom stereocenters. The molecule has 0 saturated carbocycles. The molecule has 0 aliphatic rings. The molecule has 0 spiro atoms. The summed E-state index contributed by atoms with van der Waals surface area (Å²) in [4.78, 5) is 9.37. The first-order chi connectivity index (χ1) is 14.5. The average molecular weight is 396 g/mol.